The molecule has 0 aliphatic heterocycles. The highest BCUT2D eigenvalue weighted by atomic mass is 79.9. The van der Waals surface area contributed by atoms with Gasteiger partial charge in [0, 0.05) is 26.6 Å². The second kappa shape index (κ2) is 9.64. The zero-order valence-corrected chi connectivity index (χ0v) is 18.4. The van der Waals surface area contributed by atoms with Gasteiger partial charge in [-0.15, -0.1) is 0 Å². The van der Waals surface area contributed by atoms with E-state index in [0.29, 0.717) is 20.2 Å². The number of nitro benzene ring substituents is 1. The molecular weight excluding hydrogens is 520 g/mol. The lowest BCUT2D eigenvalue weighted by Crippen LogP contribution is -2.26. The Balaban J connectivity index is 1.87. The van der Waals surface area contributed by atoms with Gasteiger partial charge in [0.05, 0.1) is 16.2 Å². The molecule has 0 spiro atoms. The third kappa shape index (κ3) is 5.11. The Morgan fingerprint density at radius 1 is 0.933 bits per heavy atom. The Morgan fingerprint density at radius 2 is 1.60 bits per heavy atom. The standard InChI is InChI=1S/C21H14Br2N2O5/c22-16-9-5-4-8-15(16)21(27)30-19(13-6-2-1-3-7-13)20(26)24-18-11-10-14(25(28)29)12-17(18)23/h1-12,19H,(H,24,26). The SMILES string of the molecule is O=C(OC(C(=O)Nc1ccc([N+](=O)[O-])cc1Br)c1ccccc1)c1ccccc1Br. The van der Waals surface area contributed by atoms with Crippen LogP contribution in [0.4, 0.5) is 11.4 Å². The van der Waals surface area contributed by atoms with E-state index in [1.807, 2.05) is 0 Å². The van der Waals surface area contributed by atoms with Gasteiger partial charge in [0.15, 0.2) is 0 Å². The van der Waals surface area contributed by atoms with E-state index in [0.717, 1.165) is 0 Å². The molecule has 0 saturated carbocycles. The van der Waals surface area contributed by atoms with Crippen LogP contribution in [0.2, 0.25) is 0 Å². The number of rotatable bonds is 6. The number of benzene rings is 3. The van der Waals surface area contributed by atoms with Crippen molar-refractivity contribution in [1.29, 1.82) is 0 Å². The minimum Gasteiger partial charge on any atom is -0.444 e. The van der Waals surface area contributed by atoms with Crippen LogP contribution in [0.3, 0.4) is 0 Å². The molecule has 7 nitrogen and oxygen atoms in total. The van der Waals surface area contributed by atoms with Gasteiger partial charge in [0.2, 0.25) is 6.10 Å². The second-order valence-corrected chi connectivity index (χ2v) is 7.80. The van der Waals surface area contributed by atoms with Crippen molar-refractivity contribution >= 4 is 55.1 Å². The number of carbonyl (C=O) groups excluding carboxylic acids is 2. The van der Waals surface area contributed by atoms with Gasteiger partial charge in [-0.05, 0) is 50.1 Å². The van der Waals surface area contributed by atoms with Crippen LogP contribution in [0.5, 0.6) is 0 Å². The van der Waals surface area contributed by atoms with Crippen molar-refractivity contribution in [3.05, 3.63) is 103 Å². The number of non-ortho nitro benzene ring substituents is 1. The largest absolute Gasteiger partial charge is 0.444 e. The van der Waals surface area contributed by atoms with Gasteiger partial charge in [-0.2, -0.15) is 0 Å². The summed E-state index contributed by atoms with van der Waals surface area (Å²) in [7, 11) is 0. The Labute approximate surface area is 188 Å². The van der Waals surface area contributed by atoms with Crippen molar-refractivity contribution in [3.8, 4) is 0 Å². The Morgan fingerprint density at radius 3 is 2.23 bits per heavy atom. The van der Waals surface area contributed by atoms with Crippen LogP contribution in [0.15, 0.2) is 81.7 Å². The van der Waals surface area contributed by atoms with Gasteiger partial charge in [-0.3, -0.25) is 14.9 Å². The zero-order valence-electron chi connectivity index (χ0n) is 15.2. The molecule has 0 aromatic heterocycles. The van der Waals surface area contributed by atoms with E-state index < -0.39 is 22.9 Å². The van der Waals surface area contributed by atoms with Crippen LogP contribution in [0, 0.1) is 10.1 Å². The molecule has 3 rings (SSSR count). The van der Waals surface area contributed by atoms with E-state index >= 15 is 0 Å². The maximum atomic E-state index is 13.0. The molecule has 0 saturated heterocycles. The van der Waals surface area contributed by atoms with Crippen LogP contribution in [0.1, 0.15) is 22.0 Å². The average molecular weight is 534 g/mol. The molecule has 1 amide bonds. The van der Waals surface area contributed by atoms with Gasteiger partial charge >= 0.3 is 5.97 Å². The number of ether oxygens (including phenoxy) is 1. The Kier molecular flexibility index (Phi) is 6.96. The van der Waals surface area contributed by atoms with E-state index in [2.05, 4.69) is 37.2 Å². The summed E-state index contributed by atoms with van der Waals surface area (Å²) in [4.78, 5) is 36.0. The highest BCUT2D eigenvalue weighted by molar-refractivity contribution is 9.11. The maximum Gasteiger partial charge on any atom is 0.340 e. The summed E-state index contributed by atoms with van der Waals surface area (Å²) in [6, 6.07) is 19.2. The lowest BCUT2D eigenvalue weighted by molar-refractivity contribution is -0.384. The number of hydrogen-bond donors (Lipinski definition) is 1. The fourth-order valence-electron chi connectivity index (χ4n) is 2.62. The highest BCUT2D eigenvalue weighted by Gasteiger charge is 2.27. The fraction of sp³-hybridized carbons (Fsp3) is 0.0476. The van der Waals surface area contributed by atoms with E-state index in [1.54, 1.807) is 54.6 Å². The normalized spacial score (nSPS) is 11.4. The molecule has 3 aromatic rings. The summed E-state index contributed by atoms with van der Waals surface area (Å²) in [6.07, 6.45) is -1.23. The number of nitrogens with zero attached hydrogens (tertiary/aromatic N) is 1. The Bertz CT molecular complexity index is 1110. The zero-order chi connectivity index (χ0) is 21.7. The van der Waals surface area contributed by atoms with Gasteiger partial charge in [0.25, 0.3) is 11.6 Å². The number of esters is 1. The summed E-state index contributed by atoms with van der Waals surface area (Å²) in [5, 5.41) is 13.5. The van der Waals surface area contributed by atoms with Crippen molar-refractivity contribution < 1.29 is 19.2 Å². The van der Waals surface area contributed by atoms with Crippen molar-refractivity contribution in [2.75, 3.05) is 5.32 Å². The van der Waals surface area contributed by atoms with Crippen LogP contribution >= 0.6 is 31.9 Å². The maximum absolute atomic E-state index is 13.0. The van der Waals surface area contributed by atoms with E-state index in [9.17, 15) is 19.7 Å². The minimum atomic E-state index is -1.23. The molecule has 9 heteroatoms. The van der Waals surface area contributed by atoms with Gasteiger partial charge in [-0.1, -0.05) is 42.5 Å². The summed E-state index contributed by atoms with van der Waals surface area (Å²) < 4.78 is 6.40. The number of hydrogen-bond acceptors (Lipinski definition) is 5. The number of nitrogens with one attached hydrogen (secondary N) is 1. The molecule has 3 aromatic carbocycles. The molecule has 0 heterocycles. The number of nitro groups is 1. The molecule has 1 N–H and O–H groups in total. The fourth-order valence-corrected chi connectivity index (χ4v) is 3.53. The molecule has 0 bridgehead atoms. The van der Waals surface area contributed by atoms with Gasteiger partial charge in [0.1, 0.15) is 0 Å². The molecule has 0 radical (unpaired) electrons. The van der Waals surface area contributed by atoms with Crippen molar-refractivity contribution in [3.63, 3.8) is 0 Å². The third-order valence-corrected chi connectivity index (χ3v) is 5.43. The number of carbonyl (C=O) groups is 2. The third-order valence-electron chi connectivity index (χ3n) is 4.08. The summed E-state index contributed by atoms with van der Waals surface area (Å²) >= 11 is 6.51. The molecular formula is C21H14Br2N2O5. The molecule has 152 valence electrons. The molecule has 0 aliphatic rings. The number of halogens is 2. The predicted molar refractivity (Wildman–Crippen MR) is 118 cm³/mol. The summed E-state index contributed by atoms with van der Waals surface area (Å²) in [5.41, 5.74) is 0.944. The number of amides is 1. The first kappa shape index (κ1) is 21.7. The molecule has 1 atom stereocenters. The predicted octanol–water partition coefficient (Wildman–Crippen LogP) is 5.66. The smallest absolute Gasteiger partial charge is 0.340 e. The highest BCUT2D eigenvalue weighted by Crippen LogP contribution is 2.29. The first-order valence-electron chi connectivity index (χ1n) is 8.62. The first-order valence-corrected chi connectivity index (χ1v) is 10.2. The van der Waals surface area contributed by atoms with Gasteiger partial charge < -0.3 is 10.1 Å². The topological polar surface area (TPSA) is 98.5 Å². The molecule has 0 fully saturated rings. The molecule has 0 aliphatic carbocycles. The van der Waals surface area contributed by atoms with Gasteiger partial charge in [-0.25, -0.2) is 4.79 Å². The lowest BCUT2D eigenvalue weighted by Gasteiger charge is -2.19. The monoisotopic (exact) mass is 532 g/mol. The van der Waals surface area contributed by atoms with Crippen molar-refractivity contribution in [2.24, 2.45) is 0 Å². The second-order valence-electron chi connectivity index (χ2n) is 6.09. The minimum absolute atomic E-state index is 0.125. The van der Waals surface area contributed by atoms with Crippen molar-refractivity contribution in [1.82, 2.24) is 0 Å². The summed E-state index contributed by atoms with van der Waals surface area (Å²) in [5.74, 6) is -1.27. The Hall–Kier alpha value is -3.04. The van der Waals surface area contributed by atoms with Crippen LogP contribution < -0.4 is 5.32 Å². The van der Waals surface area contributed by atoms with E-state index in [1.165, 1.54) is 18.2 Å². The first-order chi connectivity index (χ1) is 14.4. The summed E-state index contributed by atoms with van der Waals surface area (Å²) in [6.45, 7) is 0. The average Bonchev–Trinajstić information content (AvgIpc) is 2.74. The molecule has 1 unspecified atom stereocenters. The quantitative estimate of drug-likeness (QED) is 0.250. The van der Waals surface area contributed by atoms with Crippen LogP contribution in [0.25, 0.3) is 0 Å². The van der Waals surface area contributed by atoms with Crippen LogP contribution in [-0.2, 0) is 9.53 Å². The van der Waals surface area contributed by atoms with Crippen molar-refractivity contribution in [2.45, 2.75) is 6.10 Å². The van der Waals surface area contributed by atoms with E-state index in [4.69, 9.17) is 4.74 Å². The van der Waals surface area contributed by atoms with Crippen LogP contribution in [-0.4, -0.2) is 16.8 Å². The van der Waals surface area contributed by atoms with E-state index in [-0.39, 0.29) is 11.3 Å². The molecule has 30 heavy (non-hydrogen) atoms. The lowest BCUT2D eigenvalue weighted by atomic mass is 10.1. The number of anilines is 1.